The van der Waals surface area contributed by atoms with Crippen LogP contribution in [0.5, 0.6) is 0 Å². The number of hydrogen-bond acceptors (Lipinski definition) is 3. The van der Waals surface area contributed by atoms with E-state index in [-0.39, 0.29) is 18.4 Å². The molecule has 1 N–H and O–H groups in total. The summed E-state index contributed by atoms with van der Waals surface area (Å²) in [5, 5.41) is 7.20. The van der Waals surface area contributed by atoms with E-state index in [1.807, 2.05) is 13.0 Å². The summed E-state index contributed by atoms with van der Waals surface area (Å²) >= 11 is 0. The summed E-state index contributed by atoms with van der Waals surface area (Å²) in [6.07, 6.45) is 0.855. The van der Waals surface area contributed by atoms with Gasteiger partial charge in [0.2, 0.25) is 5.91 Å². The van der Waals surface area contributed by atoms with Gasteiger partial charge in [-0.3, -0.25) is 14.3 Å². The molecule has 0 saturated carbocycles. The summed E-state index contributed by atoms with van der Waals surface area (Å²) in [7, 11) is 0. The predicted molar refractivity (Wildman–Crippen MR) is 75.4 cm³/mol. The third-order valence-electron chi connectivity index (χ3n) is 3.29. The van der Waals surface area contributed by atoms with Crippen LogP contribution in [0.25, 0.3) is 0 Å². The van der Waals surface area contributed by atoms with Crippen LogP contribution in [0.1, 0.15) is 37.0 Å². The molecule has 2 rings (SSSR count). The van der Waals surface area contributed by atoms with Crippen LogP contribution in [0.3, 0.4) is 0 Å². The highest BCUT2D eigenvalue weighted by molar-refractivity contribution is 5.95. The molecule has 0 radical (unpaired) electrons. The summed E-state index contributed by atoms with van der Waals surface area (Å²) in [6.45, 7) is 8.07. The minimum absolute atomic E-state index is 0.102. The Morgan fingerprint density at radius 3 is 2.85 bits per heavy atom. The lowest BCUT2D eigenvalue weighted by Gasteiger charge is -2.26. The first-order valence-electron chi connectivity index (χ1n) is 7.14. The van der Waals surface area contributed by atoms with Crippen LogP contribution in [0.2, 0.25) is 0 Å². The summed E-state index contributed by atoms with van der Waals surface area (Å²) in [5.41, 5.74) is 1.52. The SMILES string of the molecule is CCn1nc(CC(C)C)cc1C(=O)N1CCNC(=O)C1. The summed E-state index contributed by atoms with van der Waals surface area (Å²) in [5.74, 6) is 0.290. The number of rotatable bonds is 4. The molecule has 0 aromatic carbocycles. The zero-order valence-electron chi connectivity index (χ0n) is 12.3. The van der Waals surface area contributed by atoms with Crippen LogP contribution in [0.15, 0.2) is 6.07 Å². The molecular formula is C14H22N4O2. The van der Waals surface area contributed by atoms with Crippen molar-refractivity contribution in [2.24, 2.45) is 5.92 Å². The zero-order valence-corrected chi connectivity index (χ0v) is 12.3. The second-order valence-electron chi connectivity index (χ2n) is 5.51. The fourth-order valence-corrected chi connectivity index (χ4v) is 2.38. The van der Waals surface area contributed by atoms with Gasteiger partial charge in [0.1, 0.15) is 5.69 Å². The molecule has 1 aliphatic rings. The molecule has 1 aliphatic heterocycles. The average Bonchev–Trinajstić information content (AvgIpc) is 2.80. The van der Waals surface area contributed by atoms with Gasteiger partial charge in [0, 0.05) is 19.6 Å². The minimum Gasteiger partial charge on any atom is -0.353 e. The normalized spacial score (nSPS) is 15.6. The van der Waals surface area contributed by atoms with Gasteiger partial charge in [0.05, 0.1) is 12.2 Å². The second kappa shape index (κ2) is 6.07. The first-order valence-corrected chi connectivity index (χ1v) is 7.14. The Morgan fingerprint density at radius 1 is 1.50 bits per heavy atom. The van der Waals surface area contributed by atoms with Crippen molar-refractivity contribution in [3.8, 4) is 0 Å². The van der Waals surface area contributed by atoms with Gasteiger partial charge >= 0.3 is 0 Å². The summed E-state index contributed by atoms with van der Waals surface area (Å²) in [6, 6.07) is 1.86. The number of piperazine rings is 1. The van der Waals surface area contributed by atoms with Crippen molar-refractivity contribution in [1.29, 1.82) is 0 Å². The molecule has 2 amide bonds. The highest BCUT2D eigenvalue weighted by Crippen LogP contribution is 2.13. The Balaban J connectivity index is 2.19. The van der Waals surface area contributed by atoms with E-state index in [4.69, 9.17) is 0 Å². The third-order valence-corrected chi connectivity index (χ3v) is 3.29. The van der Waals surface area contributed by atoms with E-state index in [1.54, 1.807) is 9.58 Å². The monoisotopic (exact) mass is 278 g/mol. The lowest BCUT2D eigenvalue weighted by molar-refractivity contribution is -0.123. The van der Waals surface area contributed by atoms with Gasteiger partial charge in [0.25, 0.3) is 5.91 Å². The van der Waals surface area contributed by atoms with Crippen molar-refractivity contribution in [1.82, 2.24) is 20.0 Å². The second-order valence-corrected chi connectivity index (χ2v) is 5.51. The standard InChI is InChI=1S/C14H22N4O2/c1-4-18-12(8-11(16-18)7-10(2)3)14(20)17-6-5-15-13(19)9-17/h8,10H,4-7,9H2,1-3H3,(H,15,19). The predicted octanol–water partition coefficient (Wildman–Crippen LogP) is 0.673. The molecular weight excluding hydrogens is 256 g/mol. The van der Waals surface area contributed by atoms with E-state index in [0.717, 1.165) is 12.1 Å². The molecule has 1 fully saturated rings. The Kier molecular flexibility index (Phi) is 4.42. The van der Waals surface area contributed by atoms with E-state index in [1.165, 1.54) is 0 Å². The third kappa shape index (κ3) is 3.18. The minimum atomic E-state index is -0.107. The van der Waals surface area contributed by atoms with E-state index in [0.29, 0.717) is 31.2 Å². The average molecular weight is 278 g/mol. The molecule has 1 saturated heterocycles. The van der Waals surface area contributed by atoms with Crippen molar-refractivity contribution in [3.05, 3.63) is 17.5 Å². The van der Waals surface area contributed by atoms with E-state index < -0.39 is 0 Å². The number of hydrogen-bond donors (Lipinski definition) is 1. The molecule has 1 aromatic heterocycles. The van der Waals surface area contributed by atoms with Crippen LogP contribution >= 0.6 is 0 Å². The molecule has 110 valence electrons. The first-order chi connectivity index (χ1) is 9.51. The maximum atomic E-state index is 12.5. The van der Waals surface area contributed by atoms with E-state index in [2.05, 4.69) is 24.3 Å². The van der Waals surface area contributed by atoms with Crippen LogP contribution in [0.4, 0.5) is 0 Å². The number of aryl methyl sites for hydroxylation is 1. The molecule has 1 aromatic rings. The smallest absolute Gasteiger partial charge is 0.272 e. The van der Waals surface area contributed by atoms with Gasteiger partial charge in [-0.15, -0.1) is 0 Å². The molecule has 2 heterocycles. The Bertz CT molecular complexity index is 507. The quantitative estimate of drug-likeness (QED) is 0.880. The molecule has 0 unspecified atom stereocenters. The lowest BCUT2D eigenvalue weighted by atomic mass is 10.1. The molecule has 0 spiro atoms. The zero-order chi connectivity index (χ0) is 14.7. The summed E-state index contributed by atoms with van der Waals surface area (Å²) < 4.78 is 1.73. The highest BCUT2D eigenvalue weighted by Gasteiger charge is 2.25. The fourth-order valence-electron chi connectivity index (χ4n) is 2.38. The van der Waals surface area contributed by atoms with Crippen LogP contribution in [-0.4, -0.2) is 46.1 Å². The topological polar surface area (TPSA) is 67.2 Å². The molecule has 0 bridgehead atoms. The van der Waals surface area contributed by atoms with Crippen molar-refractivity contribution in [2.45, 2.75) is 33.7 Å². The Labute approximate surface area is 119 Å². The molecule has 6 nitrogen and oxygen atoms in total. The van der Waals surface area contributed by atoms with Gasteiger partial charge in [-0.2, -0.15) is 5.10 Å². The number of carbonyl (C=O) groups excluding carboxylic acids is 2. The summed E-state index contributed by atoms with van der Waals surface area (Å²) in [4.78, 5) is 25.5. The fraction of sp³-hybridized carbons (Fsp3) is 0.643. The molecule has 0 atom stereocenters. The van der Waals surface area contributed by atoms with Crippen molar-refractivity contribution in [3.63, 3.8) is 0 Å². The van der Waals surface area contributed by atoms with Crippen molar-refractivity contribution < 1.29 is 9.59 Å². The number of aromatic nitrogens is 2. The molecule has 0 aliphatic carbocycles. The molecule has 20 heavy (non-hydrogen) atoms. The van der Waals surface area contributed by atoms with E-state index in [9.17, 15) is 9.59 Å². The maximum absolute atomic E-state index is 12.5. The van der Waals surface area contributed by atoms with Gasteiger partial charge in [-0.05, 0) is 25.3 Å². The van der Waals surface area contributed by atoms with Gasteiger partial charge in [0.15, 0.2) is 0 Å². The van der Waals surface area contributed by atoms with Crippen molar-refractivity contribution >= 4 is 11.8 Å². The Hall–Kier alpha value is -1.85. The van der Waals surface area contributed by atoms with Crippen LogP contribution in [-0.2, 0) is 17.8 Å². The van der Waals surface area contributed by atoms with Gasteiger partial charge in [-0.25, -0.2) is 0 Å². The number of nitrogens with zero attached hydrogens (tertiary/aromatic N) is 3. The molecule has 6 heteroatoms. The highest BCUT2D eigenvalue weighted by atomic mass is 16.2. The van der Waals surface area contributed by atoms with Crippen LogP contribution < -0.4 is 5.32 Å². The largest absolute Gasteiger partial charge is 0.353 e. The maximum Gasteiger partial charge on any atom is 0.272 e. The van der Waals surface area contributed by atoms with Crippen LogP contribution in [0, 0.1) is 5.92 Å². The first kappa shape index (κ1) is 14.6. The Morgan fingerprint density at radius 2 is 2.25 bits per heavy atom. The number of amides is 2. The van der Waals surface area contributed by atoms with Crippen molar-refractivity contribution in [2.75, 3.05) is 19.6 Å². The van der Waals surface area contributed by atoms with E-state index >= 15 is 0 Å². The van der Waals surface area contributed by atoms with Gasteiger partial charge in [-0.1, -0.05) is 13.8 Å². The lowest BCUT2D eigenvalue weighted by Crippen LogP contribution is -2.50. The van der Waals surface area contributed by atoms with Gasteiger partial charge < -0.3 is 10.2 Å². The number of nitrogens with one attached hydrogen (secondary N) is 1. The number of carbonyl (C=O) groups is 2.